The number of hydrogen-bond acceptors (Lipinski definition) is 7. The van der Waals surface area contributed by atoms with Crippen molar-refractivity contribution in [1.29, 1.82) is 0 Å². The number of carboxylic acid groups (broad SMARTS) is 1. The summed E-state index contributed by atoms with van der Waals surface area (Å²) in [5.74, 6) is -1.76. The van der Waals surface area contributed by atoms with Crippen molar-refractivity contribution in [2.24, 2.45) is 0 Å². The summed E-state index contributed by atoms with van der Waals surface area (Å²) in [6.07, 6.45) is 0.621. The third-order valence-corrected chi connectivity index (χ3v) is 3.29. The molecule has 0 fully saturated rings. The van der Waals surface area contributed by atoms with Gasteiger partial charge in [0, 0.05) is 18.0 Å². The first-order valence-corrected chi connectivity index (χ1v) is 7.66. The van der Waals surface area contributed by atoms with Crippen LogP contribution in [0, 0.1) is 0 Å². The molecule has 1 aromatic carbocycles. The van der Waals surface area contributed by atoms with Crippen LogP contribution in [-0.2, 0) is 6.61 Å². The van der Waals surface area contributed by atoms with Gasteiger partial charge in [-0.3, -0.25) is 9.97 Å². The minimum absolute atomic E-state index is 0.0138. The van der Waals surface area contributed by atoms with E-state index in [0.29, 0.717) is 11.3 Å². The fourth-order valence-corrected chi connectivity index (χ4v) is 2.14. The minimum atomic E-state index is -4.82. The highest BCUT2D eigenvalue weighted by atomic mass is 19.4. The fraction of sp³-hybridized carbons (Fsp3) is 0.118. The van der Waals surface area contributed by atoms with E-state index in [0.717, 1.165) is 18.3 Å². The zero-order chi connectivity index (χ0) is 20.1. The van der Waals surface area contributed by atoms with Crippen molar-refractivity contribution in [3.8, 4) is 22.9 Å². The molecule has 0 saturated heterocycles. The Kier molecular flexibility index (Phi) is 5.34. The van der Waals surface area contributed by atoms with Gasteiger partial charge in [0.2, 0.25) is 5.88 Å². The van der Waals surface area contributed by atoms with E-state index in [9.17, 15) is 18.0 Å². The number of rotatable bonds is 6. The number of aromatic carboxylic acids is 1. The third kappa shape index (κ3) is 4.90. The Balaban J connectivity index is 1.90. The second-order valence-electron chi connectivity index (χ2n) is 5.27. The molecule has 0 atom stereocenters. The smallest absolute Gasteiger partial charge is 0.476 e. The summed E-state index contributed by atoms with van der Waals surface area (Å²) in [5, 5.41) is 9.12. The van der Waals surface area contributed by atoms with Crippen LogP contribution in [0.4, 0.5) is 13.2 Å². The molecule has 3 rings (SSSR count). The van der Waals surface area contributed by atoms with Gasteiger partial charge in [-0.2, -0.15) is 0 Å². The van der Waals surface area contributed by atoms with E-state index in [2.05, 4.69) is 24.7 Å². The van der Waals surface area contributed by atoms with Gasteiger partial charge in [0.15, 0.2) is 5.69 Å². The molecule has 8 nitrogen and oxygen atoms in total. The van der Waals surface area contributed by atoms with Crippen molar-refractivity contribution in [3.63, 3.8) is 0 Å². The lowest BCUT2D eigenvalue weighted by Crippen LogP contribution is -2.17. The summed E-state index contributed by atoms with van der Waals surface area (Å²) in [5.41, 5.74) is 0.477. The highest BCUT2D eigenvalue weighted by Gasteiger charge is 2.31. The van der Waals surface area contributed by atoms with Gasteiger partial charge in [0.1, 0.15) is 18.1 Å². The minimum Gasteiger partial charge on any atom is -0.476 e. The van der Waals surface area contributed by atoms with Gasteiger partial charge in [-0.25, -0.2) is 14.8 Å². The van der Waals surface area contributed by atoms with Crippen LogP contribution in [-0.4, -0.2) is 37.4 Å². The van der Waals surface area contributed by atoms with Gasteiger partial charge in [0.25, 0.3) is 0 Å². The average Bonchev–Trinajstić information content (AvgIpc) is 2.66. The molecule has 0 saturated carbocycles. The first-order chi connectivity index (χ1) is 13.3. The lowest BCUT2D eigenvalue weighted by Gasteiger charge is -2.12. The Morgan fingerprint density at radius 1 is 1.07 bits per heavy atom. The predicted octanol–water partition coefficient (Wildman–Crippen LogP) is 3.11. The number of aromatic nitrogens is 4. The molecule has 0 aliphatic rings. The normalized spacial score (nSPS) is 11.1. The maximum atomic E-state index is 12.3. The van der Waals surface area contributed by atoms with Crippen molar-refractivity contribution in [1.82, 2.24) is 19.9 Å². The van der Waals surface area contributed by atoms with Gasteiger partial charge in [-0.15, -0.1) is 13.2 Å². The van der Waals surface area contributed by atoms with Crippen molar-refractivity contribution < 1.29 is 32.5 Å². The number of nitrogens with zero attached hydrogens (tertiary/aromatic N) is 4. The van der Waals surface area contributed by atoms with Crippen LogP contribution in [0.15, 0.2) is 49.1 Å². The van der Waals surface area contributed by atoms with Crippen molar-refractivity contribution in [2.75, 3.05) is 0 Å². The zero-order valence-electron chi connectivity index (χ0n) is 13.9. The maximum Gasteiger partial charge on any atom is 0.573 e. The number of ether oxygens (including phenoxy) is 2. The van der Waals surface area contributed by atoms with Crippen molar-refractivity contribution in [2.45, 2.75) is 13.0 Å². The molecule has 3 aromatic rings. The zero-order valence-corrected chi connectivity index (χ0v) is 13.9. The van der Waals surface area contributed by atoms with E-state index in [1.165, 1.54) is 30.7 Å². The summed E-state index contributed by atoms with van der Waals surface area (Å²) in [6, 6.07) is 4.71. The van der Waals surface area contributed by atoms with Gasteiger partial charge in [0.05, 0.1) is 18.1 Å². The Bertz CT molecular complexity index is 966. The Labute approximate surface area is 155 Å². The van der Waals surface area contributed by atoms with E-state index in [-0.39, 0.29) is 23.9 Å². The largest absolute Gasteiger partial charge is 0.573 e. The second-order valence-corrected chi connectivity index (χ2v) is 5.27. The standard InChI is InChI=1S/C17H11F3N4O4/c18-17(19,20)28-12-3-1-10(2-4-12)14-15(23-8-13(24-14)16(25)26)27-9-11-7-21-5-6-22-11/h1-8H,9H2,(H,25,26). The number of hydrogen-bond donors (Lipinski definition) is 1. The predicted molar refractivity (Wildman–Crippen MR) is 87.5 cm³/mol. The quantitative estimate of drug-likeness (QED) is 0.682. The van der Waals surface area contributed by atoms with Crippen LogP contribution in [0.3, 0.4) is 0 Å². The van der Waals surface area contributed by atoms with E-state index >= 15 is 0 Å². The SMILES string of the molecule is O=C(O)c1cnc(OCc2cnccn2)c(-c2ccc(OC(F)(F)F)cc2)n1. The van der Waals surface area contributed by atoms with Crippen molar-refractivity contribution in [3.05, 3.63) is 60.4 Å². The average molecular weight is 392 g/mol. The van der Waals surface area contributed by atoms with Gasteiger partial charge in [-0.1, -0.05) is 0 Å². The number of halogens is 3. The van der Waals surface area contributed by atoms with Crippen LogP contribution in [0.1, 0.15) is 16.2 Å². The Morgan fingerprint density at radius 2 is 1.82 bits per heavy atom. The summed E-state index contributed by atoms with van der Waals surface area (Å²) >= 11 is 0. The molecular formula is C17H11F3N4O4. The van der Waals surface area contributed by atoms with Crippen LogP contribution in [0.25, 0.3) is 11.3 Å². The number of benzene rings is 1. The van der Waals surface area contributed by atoms with E-state index in [4.69, 9.17) is 9.84 Å². The molecule has 0 aliphatic carbocycles. The fourth-order valence-electron chi connectivity index (χ4n) is 2.14. The second kappa shape index (κ2) is 7.86. The lowest BCUT2D eigenvalue weighted by molar-refractivity contribution is -0.274. The van der Waals surface area contributed by atoms with Crippen LogP contribution < -0.4 is 9.47 Å². The third-order valence-electron chi connectivity index (χ3n) is 3.29. The lowest BCUT2D eigenvalue weighted by atomic mass is 10.1. The molecule has 1 N–H and O–H groups in total. The number of carboxylic acids is 1. The van der Waals surface area contributed by atoms with Gasteiger partial charge in [-0.05, 0) is 24.3 Å². The summed E-state index contributed by atoms with van der Waals surface area (Å²) < 4.78 is 46.2. The Hall–Kier alpha value is -3.76. The molecule has 0 radical (unpaired) electrons. The summed E-state index contributed by atoms with van der Waals surface area (Å²) in [6.45, 7) is -0.0167. The molecule has 11 heteroatoms. The molecule has 0 spiro atoms. The number of alkyl halides is 3. The molecule has 144 valence electrons. The van der Waals surface area contributed by atoms with E-state index in [1.54, 1.807) is 0 Å². The van der Waals surface area contributed by atoms with E-state index < -0.39 is 18.1 Å². The summed E-state index contributed by atoms with van der Waals surface area (Å²) in [4.78, 5) is 27.0. The highest BCUT2D eigenvalue weighted by molar-refractivity contribution is 5.86. The molecule has 0 amide bonds. The van der Waals surface area contributed by atoms with Crippen LogP contribution in [0.5, 0.6) is 11.6 Å². The first kappa shape index (κ1) is 19.0. The molecule has 2 aromatic heterocycles. The topological polar surface area (TPSA) is 107 Å². The maximum absolute atomic E-state index is 12.3. The van der Waals surface area contributed by atoms with Crippen LogP contribution in [0.2, 0.25) is 0 Å². The Morgan fingerprint density at radius 3 is 2.43 bits per heavy atom. The highest BCUT2D eigenvalue weighted by Crippen LogP contribution is 2.30. The van der Waals surface area contributed by atoms with Crippen LogP contribution >= 0.6 is 0 Å². The van der Waals surface area contributed by atoms with Gasteiger partial charge < -0.3 is 14.6 Å². The summed E-state index contributed by atoms with van der Waals surface area (Å²) in [7, 11) is 0. The number of carbonyl (C=O) groups is 1. The van der Waals surface area contributed by atoms with E-state index in [1.807, 2.05) is 0 Å². The molecule has 0 unspecified atom stereocenters. The van der Waals surface area contributed by atoms with Crippen molar-refractivity contribution >= 4 is 5.97 Å². The molecule has 2 heterocycles. The monoisotopic (exact) mass is 392 g/mol. The molecule has 28 heavy (non-hydrogen) atoms. The molecule has 0 aliphatic heterocycles. The first-order valence-electron chi connectivity index (χ1n) is 7.66. The molecule has 0 bridgehead atoms. The molecular weight excluding hydrogens is 381 g/mol. The van der Waals surface area contributed by atoms with Gasteiger partial charge >= 0.3 is 12.3 Å².